The van der Waals surface area contributed by atoms with E-state index in [9.17, 15) is 0 Å². The molecule has 2 atom stereocenters. The van der Waals surface area contributed by atoms with Gasteiger partial charge in [0, 0.05) is 6.04 Å². The second-order valence-electron chi connectivity index (χ2n) is 3.67. The summed E-state index contributed by atoms with van der Waals surface area (Å²) in [4.78, 5) is 0. The predicted molar refractivity (Wildman–Crippen MR) is 58.4 cm³/mol. The van der Waals surface area contributed by atoms with Gasteiger partial charge in [-0.3, -0.25) is 0 Å². The Morgan fingerprint density at radius 1 is 1.38 bits per heavy atom. The van der Waals surface area contributed by atoms with Gasteiger partial charge in [-0.25, -0.2) is 0 Å². The topological polar surface area (TPSA) is 12.0 Å². The Labute approximate surface area is 81.9 Å². The zero-order valence-corrected chi connectivity index (χ0v) is 8.34. The van der Waals surface area contributed by atoms with Crippen LogP contribution in [0.4, 0.5) is 0 Å². The third-order valence-corrected chi connectivity index (χ3v) is 2.69. The van der Waals surface area contributed by atoms with Crippen molar-refractivity contribution < 1.29 is 0 Å². The molecule has 0 spiro atoms. The van der Waals surface area contributed by atoms with Crippen LogP contribution < -0.4 is 5.32 Å². The molecule has 0 aromatic carbocycles. The number of hydrogen-bond donors (Lipinski definition) is 1. The Bertz CT molecular complexity index is 145. The van der Waals surface area contributed by atoms with Crippen molar-refractivity contribution in [2.24, 2.45) is 5.92 Å². The smallest absolute Gasteiger partial charge is 0.0135 e. The summed E-state index contributed by atoms with van der Waals surface area (Å²) in [6, 6.07) is 0.581. The molecule has 1 rings (SSSR count). The minimum Gasteiger partial charge on any atom is -0.313 e. The second kappa shape index (κ2) is 5.98. The van der Waals surface area contributed by atoms with Crippen LogP contribution in [0.5, 0.6) is 0 Å². The van der Waals surface area contributed by atoms with E-state index in [1.54, 1.807) is 0 Å². The summed E-state index contributed by atoms with van der Waals surface area (Å²) in [5.41, 5.74) is 0. The predicted octanol–water partition coefficient (Wildman–Crippen LogP) is 2.71. The summed E-state index contributed by atoms with van der Waals surface area (Å²) in [5, 5.41) is 3.57. The summed E-state index contributed by atoms with van der Waals surface area (Å²) in [5.74, 6) is 0.651. The molecule has 2 unspecified atom stereocenters. The fraction of sp³-hybridized carbons (Fsp3) is 0.583. The zero-order valence-electron chi connectivity index (χ0n) is 8.34. The molecular weight excluding hydrogens is 160 g/mol. The SMILES string of the molecule is C=C[CH]C1CCCCN[14CH]1CC=C. The van der Waals surface area contributed by atoms with E-state index in [2.05, 4.69) is 24.9 Å². The Morgan fingerprint density at radius 3 is 2.92 bits per heavy atom. The number of nitrogens with one attached hydrogen (secondary N) is 1. The van der Waals surface area contributed by atoms with E-state index in [1.807, 2.05) is 12.2 Å². The van der Waals surface area contributed by atoms with Crippen LogP contribution in [0.2, 0.25) is 0 Å². The van der Waals surface area contributed by atoms with E-state index < -0.39 is 0 Å². The maximum Gasteiger partial charge on any atom is 0.0135 e. The van der Waals surface area contributed by atoms with Crippen LogP contribution in [-0.4, -0.2) is 12.6 Å². The average molecular weight is 180 g/mol. The van der Waals surface area contributed by atoms with Crippen LogP contribution in [0.1, 0.15) is 25.7 Å². The van der Waals surface area contributed by atoms with Crippen molar-refractivity contribution in [1.29, 1.82) is 0 Å². The normalized spacial score (nSPS) is 29.2. The van der Waals surface area contributed by atoms with Crippen molar-refractivity contribution in [3.8, 4) is 0 Å². The summed E-state index contributed by atoms with van der Waals surface area (Å²) >= 11 is 0. The molecule has 0 amide bonds. The molecule has 1 radical (unpaired) electrons. The highest BCUT2D eigenvalue weighted by Crippen LogP contribution is 2.21. The Hall–Kier alpha value is -0.560. The van der Waals surface area contributed by atoms with Gasteiger partial charge >= 0.3 is 0 Å². The highest BCUT2D eigenvalue weighted by Gasteiger charge is 2.20. The molecule has 1 saturated heterocycles. The first kappa shape index (κ1) is 10.5. The molecule has 1 aliphatic rings. The van der Waals surface area contributed by atoms with Crippen molar-refractivity contribution >= 4 is 0 Å². The van der Waals surface area contributed by atoms with Crippen molar-refractivity contribution in [3.63, 3.8) is 0 Å². The Kier molecular flexibility index (Phi) is 4.84. The van der Waals surface area contributed by atoms with Crippen LogP contribution in [0.3, 0.4) is 0 Å². The van der Waals surface area contributed by atoms with E-state index in [0.717, 1.165) is 13.0 Å². The van der Waals surface area contributed by atoms with E-state index in [0.29, 0.717) is 12.0 Å². The second-order valence-corrected chi connectivity index (χ2v) is 3.67. The van der Waals surface area contributed by atoms with Gasteiger partial charge in [-0.1, -0.05) is 18.6 Å². The fourth-order valence-electron chi connectivity index (χ4n) is 1.99. The average Bonchev–Trinajstić information content (AvgIpc) is 2.33. The third-order valence-electron chi connectivity index (χ3n) is 2.69. The Morgan fingerprint density at radius 2 is 2.23 bits per heavy atom. The number of rotatable bonds is 4. The van der Waals surface area contributed by atoms with Crippen LogP contribution in [-0.2, 0) is 0 Å². The molecule has 0 aromatic heterocycles. The van der Waals surface area contributed by atoms with Crippen LogP contribution in [0.15, 0.2) is 25.3 Å². The highest BCUT2D eigenvalue weighted by molar-refractivity contribution is 4.99. The molecule has 1 N–H and O–H groups in total. The third kappa shape index (κ3) is 3.35. The van der Waals surface area contributed by atoms with Gasteiger partial charge < -0.3 is 5.32 Å². The van der Waals surface area contributed by atoms with Gasteiger partial charge in [0.05, 0.1) is 0 Å². The van der Waals surface area contributed by atoms with Crippen LogP contribution in [0, 0.1) is 12.3 Å². The summed E-state index contributed by atoms with van der Waals surface area (Å²) in [6.45, 7) is 8.72. The van der Waals surface area contributed by atoms with Crippen molar-refractivity contribution in [3.05, 3.63) is 31.7 Å². The van der Waals surface area contributed by atoms with Crippen LogP contribution in [0.25, 0.3) is 0 Å². The molecular formula is C12H20N. The maximum atomic E-state index is 3.80. The lowest BCUT2D eigenvalue weighted by Gasteiger charge is -2.23. The molecule has 1 fully saturated rings. The lowest BCUT2D eigenvalue weighted by Crippen LogP contribution is -2.34. The standard InChI is InChI=1S/C12H20N/c1-3-7-11-9-5-6-10-13-12(11)8-4-2/h3-4,7,11-13H,1-2,5-6,8-10H2/i12+2. The minimum atomic E-state index is 0.581. The van der Waals surface area contributed by atoms with Gasteiger partial charge in [-0.05, 0) is 38.1 Å². The Balaban J connectivity index is 2.49. The summed E-state index contributed by atoms with van der Waals surface area (Å²) in [7, 11) is 0. The zero-order chi connectivity index (χ0) is 9.52. The fourth-order valence-corrected chi connectivity index (χ4v) is 1.99. The first-order chi connectivity index (χ1) is 6.38. The number of allylic oxidation sites excluding steroid dienone is 1. The summed E-state index contributed by atoms with van der Waals surface area (Å²) < 4.78 is 0. The lowest BCUT2D eigenvalue weighted by molar-refractivity contribution is 0.412. The molecule has 73 valence electrons. The van der Waals surface area contributed by atoms with E-state index in [1.165, 1.54) is 19.3 Å². The molecule has 0 aliphatic carbocycles. The number of hydrogen-bond acceptors (Lipinski definition) is 1. The van der Waals surface area contributed by atoms with Crippen molar-refractivity contribution in [2.45, 2.75) is 31.7 Å². The van der Waals surface area contributed by atoms with Gasteiger partial charge in [0.15, 0.2) is 0 Å². The quantitative estimate of drug-likeness (QED) is 0.656. The molecule has 1 nitrogen and oxygen atoms in total. The van der Waals surface area contributed by atoms with Gasteiger partial charge in [-0.15, -0.1) is 13.2 Å². The van der Waals surface area contributed by atoms with E-state index >= 15 is 0 Å². The van der Waals surface area contributed by atoms with Crippen molar-refractivity contribution in [2.75, 3.05) is 6.54 Å². The van der Waals surface area contributed by atoms with Crippen LogP contribution >= 0.6 is 0 Å². The van der Waals surface area contributed by atoms with E-state index in [4.69, 9.17) is 0 Å². The molecule has 0 bridgehead atoms. The minimum absolute atomic E-state index is 0.581. The highest BCUT2D eigenvalue weighted by atomic mass is 15.5. The molecule has 1 heteroatoms. The lowest BCUT2D eigenvalue weighted by atomic mass is 10.1. The van der Waals surface area contributed by atoms with Gasteiger partial charge in [0.1, 0.15) is 0 Å². The molecule has 13 heavy (non-hydrogen) atoms. The molecule has 1 aliphatic heterocycles. The first-order valence-electron chi connectivity index (χ1n) is 5.18. The van der Waals surface area contributed by atoms with Gasteiger partial charge in [-0.2, -0.15) is 0 Å². The van der Waals surface area contributed by atoms with Crippen molar-refractivity contribution in [1.82, 2.24) is 5.32 Å². The molecule has 0 aromatic rings. The summed E-state index contributed by atoms with van der Waals surface area (Å²) in [6.07, 6.45) is 11.1. The molecule has 1 heterocycles. The largest absolute Gasteiger partial charge is 0.313 e. The monoisotopic (exact) mass is 180 g/mol. The first-order valence-corrected chi connectivity index (χ1v) is 5.18. The maximum absolute atomic E-state index is 3.80. The van der Waals surface area contributed by atoms with Gasteiger partial charge in [0.25, 0.3) is 0 Å². The van der Waals surface area contributed by atoms with E-state index in [-0.39, 0.29) is 0 Å². The molecule has 0 saturated carbocycles. The van der Waals surface area contributed by atoms with Gasteiger partial charge in [0.2, 0.25) is 0 Å².